The van der Waals surface area contributed by atoms with Crippen LogP contribution in [0.2, 0.25) is 5.02 Å². The van der Waals surface area contributed by atoms with Crippen LogP contribution in [0, 0.1) is 0 Å². The van der Waals surface area contributed by atoms with Crippen molar-refractivity contribution in [1.29, 1.82) is 0 Å². The third-order valence-electron chi connectivity index (χ3n) is 3.94. The molecule has 2 heterocycles. The normalized spacial score (nSPS) is 15.0. The highest BCUT2D eigenvalue weighted by atomic mass is 35.5. The molecule has 3 nitrogen and oxygen atoms in total. The molecule has 1 aromatic heterocycles. The Morgan fingerprint density at radius 2 is 2.14 bits per heavy atom. The number of rotatable bonds is 2. The molecule has 1 aliphatic rings. The first-order valence-corrected chi connectivity index (χ1v) is 7.87. The monoisotopic (exact) mass is 303 g/mol. The highest BCUT2D eigenvalue weighted by Crippen LogP contribution is 2.29. The highest BCUT2D eigenvalue weighted by molar-refractivity contribution is 6.30. The van der Waals surface area contributed by atoms with E-state index < -0.39 is 0 Å². The van der Waals surface area contributed by atoms with E-state index in [-0.39, 0.29) is 5.41 Å². The molecule has 21 heavy (non-hydrogen) atoms. The lowest BCUT2D eigenvalue weighted by Gasteiger charge is -2.20. The predicted octanol–water partition coefficient (Wildman–Crippen LogP) is 3.53. The highest BCUT2D eigenvalue weighted by Gasteiger charge is 2.27. The van der Waals surface area contributed by atoms with Crippen molar-refractivity contribution in [3.05, 3.63) is 51.8 Å². The molecule has 112 valence electrons. The molecule has 2 aromatic rings. The quantitative estimate of drug-likeness (QED) is 0.920. The molecule has 1 aliphatic heterocycles. The van der Waals surface area contributed by atoms with Gasteiger partial charge in [-0.1, -0.05) is 44.5 Å². The topological polar surface area (TPSA) is 29.9 Å². The zero-order chi connectivity index (χ0) is 15.0. The number of halogens is 1. The van der Waals surface area contributed by atoms with Crippen molar-refractivity contribution in [3.63, 3.8) is 0 Å². The van der Waals surface area contributed by atoms with Crippen LogP contribution in [-0.4, -0.2) is 16.3 Å². The molecule has 0 saturated heterocycles. The smallest absolute Gasteiger partial charge is 0.0725 e. The summed E-state index contributed by atoms with van der Waals surface area (Å²) in [7, 11) is 0. The Balaban J connectivity index is 2.01. The number of benzene rings is 1. The molecule has 0 radical (unpaired) electrons. The largest absolute Gasteiger partial charge is 0.312 e. The molecule has 1 N–H and O–H groups in total. The molecule has 0 fully saturated rings. The van der Waals surface area contributed by atoms with E-state index in [9.17, 15) is 0 Å². The summed E-state index contributed by atoms with van der Waals surface area (Å²) in [6.45, 7) is 9.43. The van der Waals surface area contributed by atoms with Crippen LogP contribution in [0.25, 0.3) is 0 Å². The summed E-state index contributed by atoms with van der Waals surface area (Å²) in [5.41, 5.74) is 5.25. The van der Waals surface area contributed by atoms with Crippen LogP contribution in [0.3, 0.4) is 0 Å². The van der Waals surface area contributed by atoms with Gasteiger partial charge in [0.1, 0.15) is 0 Å². The summed E-state index contributed by atoms with van der Waals surface area (Å²) in [4.78, 5) is 0. The van der Waals surface area contributed by atoms with Crippen LogP contribution < -0.4 is 5.32 Å². The van der Waals surface area contributed by atoms with Gasteiger partial charge in [-0.3, -0.25) is 4.68 Å². The first-order chi connectivity index (χ1) is 9.95. The predicted molar refractivity (Wildman–Crippen MR) is 86.9 cm³/mol. The Morgan fingerprint density at radius 1 is 1.33 bits per heavy atom. The fraction of sp³-hybridized carbons (Fsp3) is 0.471. The summed E-state index contributed by atoms with van der Waals surface area (Å²) >= 11 is 6.09. The molecule has 4 heteroatoms. The SMILES string of the molecule is CC(C)(C)c1nn(Cc2cccc(Cl)c2)c2c1CNCC2. The third kappa shape index (κ3) is 2.99. The maximum absolute atomic E-state index is 6.09. The Kier molecular flexibility index (Phi) is 3.80. The van der Waals surface area contributed by atoms with Crippen LogP contribution in [0.5, 0.6) is 0 Å². The second kappa shape index (κ2) is 5.47. The van der Waals surface area contributed by atoms with Gasteiger partial charge in [-0.15, -0.1) is 0 Å². The number of hydrogen-bond acceptors (Lipinski definition) is 2. The van der Waals surface area contributed by atoms with E-state index in [4.69, 9.17) is 16.7 Å². The Morgan fingerprint density at radius 3 is 2.86 bits per heavy atom. The molecule has 0 atom stereocenters. The lowest BCUT2D eigenvalue weighted by molar-refractivity contribution is 0.539. The van der Waals surface area contributed by atoms with Crippen molar-refractivity contribution in [2.45, 2.75) is 45.7 Å². The molecular weight excluding hydrogens is 282 g/mol. The van der Waals surface area contributed by atoms with Gasteiger partial charge in [-0.05, 0) is 17.7 Å². The standard InChI is InChI=1S/C17H22ClN3/c1-17(2,3)16-14-10-19-8-7-15(14)21(20-16)11-12-5-4-6-13(18)9-12/h4-6,9,19H,7-8,10-11H2,1-3H3. The van der Waals surface area contributed by atoms with Gasteiger partial charge in [-0.25, -0.2) is 0 Å². The molecule has 3 rings (SSSR count). The van der Waals surface area contributed by atoms with E-state index in [1.165, 1.54) is 22.5 Å². The van der Waals surface area contributed by atoms with Crippen LogP contribution in [0.15, 0.2) is 24.3 Å². The lowest BCUT2D eigenvalue weighted by Crippen LogP contribution is -2.26. The molecule has 0 bridgehead atoms. The van der Waals surface area contributed by atoms with Gasteiger partial charge >= 0.3 is 0 Å². The minimum absolute atomic E-state index is 0.0721. The molecule has 0 saturated carbocycles. The maximum atomic E-state index is 6.09. The van der Waals surface area contributed by atoms with E-state index in [0.717, 1.165) is 31.1 Å². The van der Waals surface area contributed by atoms with Crippen molar-refractivity contribution in [2.75, 3.05) is 6.54 Å². The first kappa shape index (κ1) is 14.6. The lowest BCUT2D eigenvalue weighted by atomic mass is 9.88. The second-order valence-electron chi connectivity index (χ2n) is 6.74. The molecule has 0 spiro atoms. The number of nitrogens with one attached hydrogen (secondary N) is 1. The van der Waals surface area contributed by atoms with E-state index >= 15 is 0 Å². The third-order valence-corrected chi connectivity index (χ3v) is 4.17. The van der Waals surface area contributed by atoms with Gasteiger partial charge in [0.25, 0.3) is 0 Å². The molecular formula is C17H22ClN3. The molecule has 0 aliphatic carbocycles. The summed E-state index contributed by atoms with van der Waals surface area (Å²) in [6.07, 6.45) is 1.04. The second-order valence-corrected chi connectivity index (χ2v) is 7.17. The number of fused-ring (bicyclic) bond motifs is 1. The number of hydrogen-bond donors (Lipinski definition) is 1. The number of aromatic nitrogens is 2. The van der Waals surface area contributed by atoms with Crippen molar-refractivity contribution < 1.29 is 0 Å². The van der Waals surface area contributed by atoms with E-state index in [2.05, 4.69) is 36.8 Å². The Bertz CT molecular complexity index is 653. The fourth-order valence-electron chi connectivity index (χ4n) is 2.96. The summed E-state index contributed by atoms with van der Waals surface area (Å²) < 4.78 is 2.17. The minimum Gasteiger partial charge on any atom is -0.312 e. The van der Waals surface area contributed by atoms with Gasteiger partial charge in [0.2, 0.25) is 0 Å². The van der Waals surface area contributed by atoms with Crippen LogP contribution in [-0.2, 0) is 24.9 Å². The average Bonchev–Trinajstić information content (AvgIpc) is 2.78. The zero-order valence-electron chi connectivity index (χ0n) is 12.9. The van der Waals surface area contributed by atoms with Crippen LogP contribution in [0.1, 0.15) is 43.3 Å². The van der Waals surface area contributed by atoms with Gasteiger partial charge < -0.3 is 5.32 Å². The molecule has 0 unspecified atom stereocenters. The van der Waals surface area contributed by atoms with E-state index in [1.807, 2.05) is 18.2 Å². The molecule has 1 aromatic carbocycles. The Labute approximate surface area is 131 Å². The number of nitrogens with zero attached hydrogens (tertiary/aromatic N) is 2. The van der Waals surface area contributed by atoms with Crippen molar-refractivity contribution >= 4 is 11.6 Å². The molecule has 0 amide bonds. The fourth-order valence-corrected chi connectivity index (χ4v) is 3.17. The van der Waals surface area contributed by atoms with Gasteiger partial charge in [-0.2, -0.15) is 5.10 Å². The van der Waals surface area contributed by atoms with Crippen LogP contribution >= 0.6 is 11.6 Å². The van der Waals surface area contributed by atoms with Crippen molar-refractivity contribution in [1.82, 2.24) is 15.1 Å². The summed E-state index contributed by atoms with van der Waals surface area (Å²) in [6, 6.07) is 8.04. The van der Waals surface area contributed by atoms with Gasteiger partial charge in [0.05, 0.1) is 12.2 Å². The van der Waals surface area contributed by atoms with Crippen molar-refractivity contribution in [3.8, 4) is 0 Å². The average molecular weight is 304 g/mol. The van der Waals surface area contributed by atoms with Gasteiger partial charge in [0.15, 0.2) is 0 Å². The van der Waals surface area contributed by atoms with E-state index in [0.29, 0.717) is 0 Å². The summed E-state index contributed by atoms with van der Waals surface area (Å²) in [5.74, 6) is 0. The summed E-state index contributed by atoms with van der Waals surface area (Å²) in [5, 5.41) is 9.17. The van der Waals surface area contributed by atoms with Crippen LogP contribution in [0.4, 0.5) is 0 Å². The maximum Gasteiger partial charge on any atom is 0.0725 e. The van der Waals surface area contributed by atoms with Crippen molar-refractivity contribution in [2.24, 2.45) is 0 Å². The first-order valence-electron chi connectivity index (χ1n) is 7.49. The van der Waals surface area contributed by atoms with Gasteiger partial charge in [0, 0.05) is 41.2 Å². The zero-order valence-corrected chi connectivity index (χ0v) is 13.7. The Hall–Kier alpha value is -1.32. The van der Waals surface area contributed by atoms with E-state index in [1.54, 1.807) is 0 Å². The minimum atomic E-state index is 0.0721.